The average molecular weight is 443 g/mol. The highest BCUT2D eigenvalue weighted by molar-refractivity contribution is 5.85. The van der Waals surface area contributed by atoms with Gasteiger partial charge in [0, 0.05) is 18.5 Å². The van der Waals surface area contributed by atoms with Crippen LogP contribution < -0.4 is 4.74 Å². The summed E-state index contributed by atoms with van der Waals surface area (Å²) in [4.78, 5) is 16.3. The predicted molar refractivity (Wildman–Crippen MR) is 135 cm³/mol. The van der Waals surface area contributed by atoms with E-state index in [1.54, 1.807) is 12.1 Å². The lowest BCUT2D eigenvalue weighted by Crippen LogP contribution is -2.25. The molecule has 0 amide bonds. The number of hydrogen-bond acceptors (Lipinski definition) is 3. The van der Waals surface area contributed by atoms with Crippen LogP contribution in [0.15, 0.2) is 108 Å². The maximum atomic E-state index is 12.0. The monoisotopic (exact) mass is 442 g/mol. The Morgan fingerprint density at radius 3 is 2.61 bits per heavy atom. The van der Waals surface area contributed by atoms with E-state index in [4.69, 9.17) is 4.74 Å². The Morgan fingerprint density at radius 1 is 1.15 bits per heavy atom. The highest BCUT2D eigenvalue weighted by Gasteiger charge is 2.32. The SMILES string of the molecule is CC1=C(/C=C/C(C)=C/C=C/C(C)=C/C(=O)Oc2ccccc2)C(C)(C)CCC1n1ccnc1. The molecule has 1 aromatic heterocycles. The van der Waals surface area contributed by atoms with Gasteiger partial charge in [-0.1, -0.05) is 68.0 Å². The second-order valence-electron chi connectivity index (χ2n) is 9.27. The fraction of sp³-hybridized carbons (Fsp3) is 0.310. The molecule has 4 heteroatoms. The number of hydrogen-bond donors (Lipinski definition) is 0. The van der Waals surface area contributed by atoms with Gasteiger partial charge in [-0.3, -0.25) is 0 Å². The van der Waals surface area contributed by atoms with Crippen molar-refractivity contribution in [2.75, 3.05) is 0 Å². The summed E-state index contributed by atoms with van der Waals surface area (Å²) in [5.41, 5.74) is 4.92. The summed E-state index contributed by atoms with van der Waals surface area (Å²) in [5, 5.41) is 0. The maximum Gasteiger partial charge on any atom is 0.336 e. The van der Waals surface area contributed by atoms with E-state index >= 15 is 0 Å². The molecule has 2 aromatic rings. The van der Waals surface area contributed by atoms with Crippen molar-refractivity contribution in [1.82, 2.24) is 9.55 Å². The molecule has 0 N–H and O–H groups in total. The zero-order valence-electron chi connectivity index (χ0n) is 20.3. The Balaban J connectivity index is 1.66. The van der Waals surface area contributed by atoms with Gasteiger partial charge in [0.1, 0.15) is 5.75 Å². The van der Waals surface area contributed by atoms with Crippen LogP contribution in [-0.2, 0) is 4.79 Å². The number of nitrogens with zero attached hydrogens (tertiary/aromatic N) is 2. The molecule has 1 aromatic carbocycles. The smallest absolute Gasteiger partial charge is 0.336 e. The maximum absolute atomic E-state index is 12.0. The van der Waals surface area contributed by atoms with Gasteiger partial charge < -0.3 is 9.30 Å². The third-order valence-corrected chi connectivity index (χ3v) is 6.12. The fourth-order valence-electron chi connectivity index (χ4n) is 4.24. The number of ether oxygens (including phenoxy) is 1. The minimum atomic E-state index is -0.377. The van der Waals surface area contributed by atoms with Gasteiger partial charge in [0.25, 0.3) is 0 Å². The van der Waals surface area contributed by atoms with E-state index in [-0.39, 0.29) is 11.4 Å². The van der Waals surface area contributed by atoms with E-state index in [1.807, 2.05) is 49.8 Å². The lowest BCUT2D eigenvalue weighted by molar-refractivity contribution is -0.129. The highest BCUT2D eigenvalue weighted by atomic mass is 16.5. The van der Waals surface area contributed by atoms with Crippen LogP contribution in [0.1, 0.15) is 53.5 Å². The summed E-state index contributed by atoms with van der Waals surface area (Å²) in [6, 6.07) is 9.45. The van der Waals surface area contributed by atoms with Crippen LogP contribution >= 0.6 is 0 Å². The van der Waals surface area contributed by atoms with E-state index < -0.39 is 0 Å². The van der Waals surface area contributed by atoms with Gasteiger partial charge in [-0.25, -0.2) is 9.78 Å². The van der Waals surface area contributed by atoms with Gasteiger partial charge in [0.15, 0.2) is 0 Å². The Morgan fingerprint density at radius 2 is 1.91 bits per heavy atom. The molecule has 1 atom stereocenters. The van der Waals surface area contributed by atoms with Crippen molar-refractivity contribution < 1.29 is 9.53 Å². The first kappa shape index (κ1) is 24.2. The Bertz CT molecular complexity index is 1100. The van der Waals surface area contributed by atoms with Crippen LogP contribution in [0.3, 0.4) is 0 Å². The quantitative estimate of drug-likeness (QED) is 0.198. The molecule has 0 saturated carbocycles. The highest BCUT2D eigenvalue weighted by Crippen LogP contribution is 2.45. The zero-order valence-corrected chi connectivity index (χ0v) is 20.3. The number of carbonyl (C=O) groups excluding carboxylic acids is 1. The number of para-hydroxylation sites is 1. The van der Waals surface area contributed by atoms with Crippen molar-refractivity contribution in [3.05, 3.63) is 108 Å². The molecule has 33 heavy (non-hydrogen) atoms. The van der Waals surface area contributed by atoms with Gasteiger partial charge >= 0.3 is 5.97 Å². The number of esters is 1. The van der Waals surface area contributed by atoms with E-state index in [2.05, 4.69) is 61.7 Å². The molecule has 4 nitrogen and oxygen atoms in total. The van der Waals surface area contributed by atoms with Crippen LogP contribution in [0, 0.1) is 5.41 Å². The van der Waals surface area contributed by atoms with Gasteiger partial charge in [-0.05, 0) is 67.9 Å². The molecule has 1 unspecified atom stereocenters. The Kier molecular flexibility index (Phi) is 8.05. The van der Waals surface area contributed by atoms with Crippen LogP contribution in [0.5, 0.6) is 5.75 Å². The van der Waals surface area contributed by atoms with Crippen LogP contribution in [0.25, 0.3) is 0 Å². The number of rotatable bonds is 7. The summed E-state index contributed by atoms with van der Waals surface area (Å²) in [6.07, 6.45) is 19.9. The second kappa shape index (κ2) is 11.0. The minimum Gasteiger partial charge on any atom is -0.423 e. The number of allylic oxidation sites excluding steroid dienone is 9. The zero-order chi connectivity index (χ0) is 23.8. The van der Waals surface area contributed by atoms with Gasteiger partial charge in [0.05, 0.1) is 12.4 Å². The number of benzene rings is 1. The van der Waals surface area contributed by atoms with Crippen molar-refractivity contribution in [3.63, 3.8) is 0 Å². The third-order valence-electron chi connectivity index (χ3n) is 6.12. The van der Waals surface area contributed by atoms with E-state index in [9.17, 15) is 4.79 Å². The Labute approximate surface area is 197 Å². The molecule has 172 valence electrons. The van der Waals surface area contributed by atoms with Crippen molar-refractivity contribution in [1.29, 1.82) is 0 Å². The van der Waals surface area contributed by atoms with Crippen LogP contribution in [0.2, 0.25) is 0 Å². The van der Waals surface area contributed by atoms with Crippen molar-refractivity contribution >= 4 is 5.97 Å². The van der Waals surface area contributed by atoms with Crippen LogP contribution in [0.4, 0.5) is 0 Å². The van der Waals surface area contributed by atoms with Gasteiger partial charge in [0.2, 0.25) is 0 Å². The molecule has 0 bridgehead atoms. The topological polar surface area (TPSA) is 44.1 Å². The van der Waals surface area contributed by atoms with E-state index in [1.165, 1.54) is 17.2 Å². The Hall–Kier alpha value is -3.40. The molecule has 0 spiro atoms. The molecule has 0 saturated heterocycles. The number of carbonyl (C=O) groups is 1. The standard InChI is InChI=1S/C29H34N2O2/c1-22(10-9-11-23(2)20-28(32)33-25-12-7-6-8-13-25)14-15-26-24(3)27(16-17-29(26,4)5)31-19-18-30-21-31/h6-15,18-21,27H,16-17H2,1-5H3/b11-9+,15-14+,22-10+,23-20+. The molecular formula is C29H34N2O2. The molecule has 3 rings (SSSR count). The summed E-state index contributed by atoms with van der Waals surface area (Å²) in [5.74, 6) is 0.167. The molecule has 1 heterocycles. The fourth-order valence-corrected chi connectivity index (χ4v) is 4.24. The molecule has 0 aliphatic heterocycles. The second-order valence-corrected chi connectivity index (χ2v) is 9.27. The summed E-state index contributed by atoms with van der Waals surface area (Å²) >= 11 is 0. The third kappa shape index (κ3) is 6.79. The number of imidazole rings is 1. The largest absolute Gasteiger partial charge is 0.423 e. The molecule has 1 aliphatic rings. The van der Waals surface area contributed by atoms with Crippen molar-refractivity contribution in [2.24, 2.45) is 5.41 Å². The summed E-state index contributed by atoms with van der Waals surface area (Å²) < 4.78 is 7.51. The lowest BCUT2D eigenvalue weighted by atomic mass is 9.71. The first-order valence-corrected chi connectivity index (χ1v) is 11.4. The van der Waals surface area contributed by atoms with Crippen molar-refractivity contribution in [2.45, 2.75) is 53.5 Å². The molecule has 1 aliphatic carbocycles. The summed E-state index contributed by atoms with van der Waals surface area (Å²) in [6.45, 7) is 10.9. The average Bonchev–Trinajstić information content (AvgIpc) is 3.28. The number of aromatic nitrogens is 2. The van der Waals surface area contributed by atoms with E-state index in [0.29, 0.717) is 11.8 Å². The first-order valence-electron chi connectivity index (χ1n) is 11.4. The predicted octanol–water partition coefficient (Wildman–Crippen LogP) is 7.17. The van der Waals surface area contributed by atoms with Crippen LogP contribution in [-0.4, -0.2) is 15.5 Å². The van der Waals surface area contributed by atoms with Gasteiger partial charge in [-0.15, -0.1) is 0 Å². The van der Waals surface area contributed by atoms with Crippen molar-refractivity contribution in [3.8, 4) is 5.75 Å². The van der Waals surface area contributed by atoms with Gasteiger partial charge in [-0.2, -0.15) is 0 Å². The minimum absolute atomic E-state index is 0.145. The normalized spacial score (nSPS) is 19.5. The molecule has 0 radical (unpaired) electrons. The van der Waals surface area contributed by atoms with E-state index in [0.717, 1.165) is 24.0 Å². The lowest BCUT2D eigenvalue weighted by Gasteiger charge is -2.37. The molecule has 0 fully saturated rings. The molecular weight excluding hydrogens is 408 g/mol. The summed E-state index contributed by atoms with van der Waals surface area (Å²) in [7, 11) is 0. The first-order chi connectivity index (χ1) is 15.8.